The largest absolute Gasteiger partial charge is 0.457 e. The van der Waals surface area contributed by atoms with Crippen LogP contribution in [-0.2, 0) is 6.54 Å². The quantitative estimate of drug-likeness (QED) is 0.777. The van der Waals surface area contributed by atoms with Gasteiger partial charge in [-0.25, -0.2) is 0 Å². The molecule has 0 saturated carbocycles. The molecule has 0 spiro atoms. The van der Waals surface area contributed by atoms with E-state index in [1.165, 1.54) is 0 Å². The Kier molecular flexibility index (Phi) is 3.08. The SMILES string of the molecule is NCc1cnccc1Oc1ccc2cccnc2c1. The molecule has 0 radical (unpaired) electrons. The second-order valence-corrected chi connectivity index (χ2v) is 4.15. The fraction of sp³-hybridized carbons (Fsp3) is 0.0667. The fourth-order valence-electron chi connectivity index (χ4n) is 1.90. The van der Waals surface area contributed by atoms with Crippen LogP contribution in [0.15, 0.2) is 55.0 Å². The Bertz CT molecular complexity index is 712. The number of fused-ring (bicyclic) bond motifs is 1. The van der Waals surface area contributed by atoms with E-state index in [2.05, 4.69) is 9.97 Å². The number of hydrogen-bond donors (Lipinski definition) is 1. The highest BCUT2D eigenvalue weighted by Crippen LogP contribution is 2.26. The first kappa shape index (κ1) is 11.6. The lowest BCUT2D eigenvalue weighted by molar-refractivity contribution is 0.476. The summed E-state index contributed by atoms with van der Waals surface area (Å²) in [5, 5.41) is 1.09. The number of pyridine rings is 2. The molecule has 0 aliphatic carbocycles. The molecule has 0 saturated heterocycles. The highest BCUT2D eigenvalue weighted by atomic mass is 16.5. The maximum atomic E-state index is 5.85. The monoisotopic (exact) mass is 251 g/mol. The van der Waals surface area contributed by atoms with Crippen LogP contribution in [0.1, 0.15) is 5.56 Å². The third kappa shape index (κ3) is 2.39. The Labute approximate surface area is 110 Å². The predicted molar refractivity (Wildman–Crippen MR) is 73.9 cm³/mol. The predicted octanol–water partition coefficient (Wildman–Crippen LogP) is 2.88. The molecule has 4 nitrogen and oxygen atoms in total. The van der Waals surface area contributed by atoms with Crippen LogP contribution in [0, 0.1) is 0 Å². The van der Waals surface area contributed by atoms with Crippen molar-refractivity contribution in [2.24, 2.45) is 5.73 Å². The van der Waals surface area contributed by atoms with E-state index in [0.717, 1.165) is 28.0 Å². The first-order chi connectivity index (χ1) is 9.36. The normalized spacial score (nSPS) is 10.6. The van der Waals surface area contributed by atoms with Crippen LogP contribution in [0.5, 0.6) is 11.5 Å². The minimum atomic E-state index is 0.398. The number of ether oxygens (including phenoxy) is 1. The topological polar surface area (TPSA) is 61.0 Å². The van der Waals surface area contributed by atoms with Crippen LogP contribution in [0.3, 0.4) is 0 Å². The summed E-state index contributed by atoms with van der Waals surface area (Å²) in [6.45, 7) is 0.398. The van der Waals surface area contributed by atoms with Crippen molar-refractivity contribution in [3.8, 4) is 11.5 Å². The minimum Gasteiger partial charge on any atom is -0.457 e. The van der Waals surface area contributed by atoms with Crippen LogP contribution >= 0.6 is 0 Å². The van der Waals surface area contributed by atoms with E-state index >= 15 is 0 Å². The van der Waals surface area contributed by atoms with Crippen molar-refractivity contribution in [3.63, 3.8) is 0 Å². The standard InChI is InChI=1S/C15H13N3O/c16-9-12-10-17-7-5-15(12)19-13-4-3-11-2-1-6-18-14(11)8-13/h1-8,10H,9,16H2. The molecule has 3 rings (SSSR count). The Morgan fingerprint density at radius 1 is 1.11 bits per heavy atom. The zero-order valence-corrected chi connectivity index (χ0v) is 10.3. The van der Waals surface area contributed by atoms with Gasteiger partial charge < -0.3 is 10.5 Å². The van der Waals surface area contributed by atoms with Crippen molar-refractivity contribution in [2.45, 2.75) is 6.54 Å². The molecule has 0 fully saturated rings. The molecule has 0 aliphatic rings. The fourth-order valence-corrected chi connectivity index (χ4v) is 1.90. The molecule has 2 heterocycles. The van der Waals surface area contributed by atoms with Crippen molar-refractivity contribution in [1.29, 1.82) is 0 Å². The lowest BCUT2D eigenvalue weighted by Gasteiger charge is -2.09. The maximum Gasteiger partial charge on any atom is 0.134 e. The first-order valence-corrected chi connectivity index (χ1v) is 6.02. The van der Waals surface area contributed by atoms with E-state index in [1.807, 2.05) is 36.4 Å². The van der Waals surface area contributed by atoms with E-state index in [1.54, 1.807) is 18.6 Å². The lowest BCUT2D eigenvalue weighted by atomic mass is 10.2. The van der Waals surface area contributed by atoms with E-state index in [9.17, 15) is 0 Å². The summed E-state index contributed by atoms with van der Waals surface area (Å²) >= 11 is 0. The van der Waals surface area contributed by atoms with Gasteiger partial charge >= 0.3 is 0 Å². The second kappa shape index (κ2) is 5.04. The molecule has 3 aromatic rings. The van der Waals surface area contributed by atoms with Gasteiger partial charge in [-0.3, -0.25) is 9.97 Å². The number of benzene rings is 1. The minimum absolute atomic E-state index is 0.398. The summed E-state index contributed by atoms with van der Waals surface area (Å²) in [7, 11) is 0. The highest BCUT2D eigenvalue weighted by molar-refractivity contribution is 5.79. The summed E-state index contributed by atoms with van der Waals surface area (Å²) in [4.78, 5) is 8.34. The van der Waals surface area contributed by atoms with Crippen molar-refractivity contribution in [1.82, 2.24) is 9.97 Å². The van der Waals surface area contributed by atoms with Gasteiger partial charge in [-0.1, -0.05) is 6.07 Å². The first-order valence-electron chi connectivity index (χ1n) is 6.02. The van der Waals surface area contributed by atoms with E-state index in [0.29, 0.717) is 6.54 Å². The van der Waals surface area contributed by atoms with Gasteiger partial charge in [-0.05, 0) is 24.3 Å². The molecule has 0 atom stereocenters. The van der Waals surface area contributed by atoms with Crippen molar-refractivity contribution < 1.29 is 4.74 Å². The summed E-state index contributed by atoms with van der Waals surface area (Å²) in [6, 6.07) is 11.6. The number of rotatable bonds is 3. The molecule has 2 aromatic heterocycles. The van der Waals surface area contributed by atoms with Gasteiger partial charge in [0.1, 0.15) is 11.5 Å². The molecular formula is C15H13N3O. The second-order valence-electron chi connectivity index (χ2n) is 4.15. The number of nitrogens with zero attached hydrogens (tertiary/aromatic N) is 2. The molecule has 19 heavy (non-hydrogen) atoms. The molecule has 2 N–H and O–H groups in total. The molecule has 0 bridgehead atoms. The Hall–Kier alpha value is -2.46. The van der Waals surface area contributed by atoms with Crippen molar-refractivity contribution in [2.75, 3.05) is 0 Å². The average Bonchev–Trinajstić information content (AvgIpc) is 2.48. The van der Waals surface area contributed by atoms with Gasteiger partial charge in [0.05, 0.1) is 5.52 Å². The van der Waals surface area contributed by atoms with Gasteiger partial charge in [0.15, 0.2) is 0 Å². The van der Waals surface area contributed by atoms with Crippen LogP contribution in [0.25, 0.3) is 10.9 Å². The van der Waals surface area contributed by atoms with Gasteiger partial charge in [-0.2, -0.15) is 0 Å². The van der Waals surface area contributed by atoms with E-state index < -0.39 is 0 Å². The number of nitrogens with two attached hydrogens (primary N) is 1. The molecule has 0 unspecified atom stereocenters. The summed E-state index contributed by atoms with van der Waals surface area (Å²) in [5.74, 6) is 1.47. The molecule has 94 valence electrons. The van der Waals surface area contributed by atoms with Crippen molar-refractivity contribution >= 4 is 10.9 Å². The zero-order valence-electron chi connectivity index (χ0n) is 10.3. The Morgan fingerprint density at radius 2 is 2.05 bits per heavy atom. The van der Waals surface area contributed by atoms with E-state index in [4.69, 9.17) is 10.5 Å². The van der Waals surface area contributed by atoms with Gasteiger partial charge in [-0.15, -0.1) is 0 Å². The lowest BCUT2D eigenvalue weighted by Crippen LogP contribution is -1.99. The maximum absolute atomic E-state index is 5.85. The summed E-state index contributed by atoms with van der Waals surface area (Å²) in [6.07, 6.45) is 5.17. The third-order valence-corrected chi connectivity index (χ3v) is 2.88. The molecular weight excluding hydrogens is 238 g/mol. The van der Waals surface area contributed by atoms with E-state index in [-0.39, 0.29) is 0 Å². The van der Waals surface area contributed by atoms with Gasteiger partial charge in [0, 0.05) is 42.2 Å². The Morgan fingerprint density at radius 3 is 2.95 bits per heavy atom. The molecule has 1 aromatic carbocycles. The van der Waals surface area contributed by atoms with Crippen LogP contribution in [0.2, 0.25) is 0 Å². The molecule has 4 heteroatoms. The van der Waals surface area contributed by atoms with Gasteiger partial charge in [0.25, 0.3) is 0 Å². The molecule has 0 aliphatic heterocycles. The zero-order chi connectivity index (χ0) is 13.1. The van der Waals surface area contributed by atoms with Crippen LogP contribution < -0.4 is 10.5 Å². The van der Waals surface area contributed by atoms with Crippen molar-refractivity contribution in [3.05, 3.63) is 60.6 Å². The smallest absolute Gasteiger partial charge is 0.134 e. The molecule has 0 amide bonds. The highest BCUT2D eigenvalue weighted by Gasteiger charge is 2.04. The summed E-state index contributed by atoms with van der Waals surface area (Å²) < 4.78 is 5.85. The number of hydrogen-bond acceptors (Lipinski definition) is 4. The van der Waals surface area contributed by atoms with Gasteiger partial charge in [0.2, 0.25) is 0 Å². The third-order valence-electron chi connectivity index (χ3n) is 2.88. The summed E-state index contributed by atoms with van der Waals surface area (Å²) in [5.41, 5.74) is 7.45. The average molecular weight is 251 g/mol. The Balaban J connectivity index is 1.96. The van der Waals surface area contributed by atoms with Crippen LogP contribution in [0.4, 0.5) is 0 Å². The number of aromatic nitrogens is 2. The van der Waals surface area contributed by atoms with Crippen LogP contribution in [-0.4, -0.2) is 9.97 Å².